The van der Waals surface area contributed by atoms with E-state index in [1.807, 2.05) is 25.1 Å². The SMILES string of the molecule is CC(CNS(=O)(=O)c1ccc([N+](=O)[O-])cc1)N1CCN(c2ccccc2)CC1. The Morgan fingerprint density at radius 3 is 2.21 bits per heavy atom. The topological polar surface area (TPSA) is 95.8 Å². The zero-order valence-electron chi connectivity index (χ0n) is 15.7. The van der Waals surface area contributed by atoms with Gasteiger partial charge in [-0.05, 0) is 31.2 Å². The molecule has 1 fully saturated rings. The zero-order valence-corrected chi connectivity index (χ0v) is 16.5. The third-order valence-corrected chi connectivity index (χ3v) is 6.43. The predicted octanol–water partition coefficient (Wildman–Crippen LogP) is 2.08. The van der Waals surface area contributed by atoms with Gasteiger partial charge in [0.05, 0.1) is 9.82 Å². The predicted molar refractivity (Wildman–Crippen MR) is 108 cm³/mol. The van der Waals surface area contributed by atoms with Gasteiger partial charge in [-0.1, -0.05) is 18.2 Å². The molecule has 0 amide bonds. The maximum Gasteiger partial charge on any atom is 0.269 e. The van der Waals surface area contributed by atoms with Gasteiger partial charge in [0.25, 0.3) is 5.69 Å². The monoisotopic (exact) mass is 404 g/mol. The summed E-state index contributed by atoms with van der Waals surface area (Å²) in [6.07, 6.45) is 0. The van der Waals surface area contributed by atoms with Gasteiger partial charge in [0.15, 0.2) is 0 Å². The molecule has 0 aliphatic carbocycles. The molecule has 150 valence electrons. The fourth-order valence-corrected chi connectivity index (χ4v) is 4.37. The third-order valence-electron chi connectivity index (χ3n) is 4.99. The van der Waals surface area contributed by atoms with E-state index in [1.54, 1.807) is 0 Å². The molecule has 8 nitrogen and oxygen atoms in total. The lowest BCUT2D eigenvalue weighted by atomic mass is 10.2. The smallest absolute Gasteiger partial charge is 0.269 e. The summed E-state index contributed by atoms with van der Waals surface area (Å²) in [5.41, 5.74) is 1.07. The number of hydrogen-bond acceptors (Lipinski definition) is 6. The van der Waals surface area contributed by atoms with Crippen molar-refractivity contribution in [3.8, 4) is 0 Å². The number of para-hydroxylation sites is 1. The van der Waals surface area contributed by atoms with Crippen LogP contribution in [0.1, 0.15) is 6.92 Å². The summed E-state index contributed by atoms with van der Waals surface area (Å²) in [7, 11) is -3.70. The van der Waals surface area contributed by atoms with Crippen LogP contribution in [0.4, 0.5) is 11.4 Å². The van der Waals surface area contributed by atoms with Crippen molar-refractivity contribution in [3.63, 3.8) is 0 Å². The number of nitrogens with zero attached hydrogens (tertiary/aromatic N) is 3. The summed E-state index contributed by atoms with van der Waals surface area (Å²) in [5, 5.41) is 10.7. The van der Waals surface area contributed by atoms with Crippen molar-refractivity contribution in [2.75, 3.05) is 37.6 Å². The average Bonchev–Trinajstić information content (AvgIpc) is 2.73. The van der Waals surface area contributed by atoms with Crippen molar-refractivity contribution in [1.29, 1.82) is 0 Å². The van der Waals surface area contributed by atoms with E-state index in [0.717, 1.165) is 26.2 Å². The van der Waals surface area contributed by atoms with Crippen LogP contribution in [0.25, 0.3) is 0 Å². The Labute approximate surface area is 165 Å². The van der Waals surface area contributed by atoms with Crippen molar-refractivity contribution in [2.45, 2.75) is 17.9 Å². The molecule has 1 heterocycles. The molecule has 1 aliphatic rings. The van der Waals surface area contributed by atoms with Crippen LogP contribution in [0.5, 0.6) is 0 Å². The largest absolute Gasteiger partial charge is 0.369 e. The molecule has 1 atom stereocenters. The summed E-state index contributed by atoms with van der Waals surface area (Å²) in [4.78, 5) is 14.8. The average molecular weight is 404 g/mol. The number of nitrogens with one attached hydrogen (secondary N) is 1. The van der Waals surface area contributed by atoms with Crippen LogP contribution in [0, 0.1) is 10.1 Å². The molecule has 0 spiro atoms. The third kappa shape index (κ3) is 4.86. The minimum Gasteiger partial charge on any atom is -0.369 e. The van der Waals surface area contributed by atoms with Crippen LogP contribution in [0.2, 0.25) is 0 Å². The Balaban J connectivity index is 1.52. The Hall–Kier alpha value is -2.49. The summed E-state index contributed by atoms with van der Waals surface area (Å²) >= 11 is 0. The van der Waals surface area contributed by atoms with E-state index in [4.69, 9.17) is 0 Å². The molecule has 1 unspecified atom stereocenters. The van der Waals surface area contributed by atoms with Crippen LogP contribution in [-0.2, 0) is 10.0 Å². The second kappa shape index (κ2) is 8.68. The first kappa shape index (κ1) is 20.2. The van der Waals surface area contributed by atoms with Gasteiger partial charge >= 0.3 is 0 Å². The van der Waals surface area contributed by atoms with Crippen molar-refractivity contribution in [2.24, 2.45) is 0 Å². The van der Waals surface area contributed by atoms with E-state index in [9.17, 15) is 18.5 Å². The second-order valence-corrected chi connectivity index (χ2v) is 8.58. The summed E-state index contributed by atoms with van der Waals surface area (Å²) in [6, 6.07) is 15.2. The first-order valence-electron chi connectivity index (χ1n) is 9.15. The van der Waals surface area contributed by atoms with Gasteiger partial charge in [-0.2, -0.15) is 0 Å². The molecule has 0 bridgehead atoms. The Morgan fingerprint density at radius 2 is 1.64 bits per heavy atom. The molecule has 2 aromatic carbocycles. The maximum absolute atomic E-state index is 12.4. The van der Waals surface area contributed by atoms with E-state index in [0.29, 0.717) is 0 Å². The number of sulfonamides is 1. The van der Waals surface area contributed by atoms with Crippen molar-refractivity contribution < 1.29 is 13.3 Å². The lowest BCUT2D eigenvalue weighted by molar-refractivity contribution is -0.384. The lowest BCUT2D eigenvalue weighted by Crippen LogP contribution is -2.52. The zero-order chi connectivity index (χ0) is 20.1. The van der Waals surface area contributed by atoms with E-state index in [-0.39, 0.29) is 23.2 Å². The van der Waals surface area contributed by atoms with Crippen LogP contribution >= 0.6 is 0 Å². The molecule has 1 N–H and O–H groups in total. The van der Waals surface area contributed by atoms with Crippen molar-refractivity contribution in [1.82, 2.24) is 9.62 Å². The van der Waals surface area contributed by atoms with E-state index < -0.39 is 14.9 Å². The number of benzene rings is 2. The number of non-ortho nitro benzene ring substituents is 1. The fraction of sp³-hybridized carbons (Fsp3) is 0.368. The molecular weight excluding hydrogens is 380 g/mol. The van der Waals surface area contributed by atoms with E-state index >= 15 is 0 Å². The highest BCUT2D eigenvalue weighted by Gasteiger charge is 2.23. The van der Waals surface area contributed by atoms with Gasteiger partial charge in [-0.25, -0.2) is 13.1 Å². The molecule has 3 rings (SSSR count). The van der Waals surface area contributed by atoms with Gasteiger partial charge in [0.2, 0.25) is 10.0 Å². The number of rotatable bonds is 7. The van der Waals surface area contributed by atoms with Crippen LogP contribution in [-0.4, -0.2) is 57.0 Å². The Kier molecular flexibility index (Phi) is 6.28. The molecule has 1 aliphatic heterocycles. The van der Waals surface area contributed by atoms with Crippen LogP contribution in [0.3, 0.4) is 0 Å². The standard InChI is InChI=1S/C19H24N4O4S/c1-16(21-11-13-22(14-12-21)17-5-3-2-4-6-17)15-20-28(26,27)19-9-7-18(8-10-19)23(24)25/h2-10,16,20H,11-15H2,1H3. The minimum absolute atomic E-state index is 0.0270. The molecule has 9 heteroatoms. The molecule has 0 aromatic heterocycles. The van der Waals surface area contributed by atoms with Gasteiger partial charge in [-0.3, -0.25) is 15.0 Å². The number of nitro benzene ring substituents is 1. The molecule has 0 saturated carbocycles. The van der Waals surface area contributed by atoms with Crippen LogP contribution < -0.4 is 9.62 Å². The first-order chi connectivity index (χ1) is 13.4. The van der Waals surface area contributed by atoms with Gasteiger partial charge in [-0.15, -0.1) is 0 Å². The number of piperazine rings is 1. The van der Waals surface area contributed by atoms with Gasteiger partial charge in [0, 0.05) is 56.6 Å². The molecular formula is C19H24N4O4S. The Bertz CT molecular complexity index is 895. The maximum atomic E-state index is 12.4. The molecule has 2 aromatic rings. The quantitative estimate of drug-likeness (QED) is 0.561. The van der Waals surface area contributed by atoms with Crippen molar-refractivity contribution >= 4 is 21.4 Å². The number of anilines is 1. The highest BCUT2D eigenvalue weighted by Crippen LogP contribution is 2.18. The van der Waals surface area contributed by atoms with Crippen LogP contribution in [0.15, 0.2) is 59.5 Å². The normalized spacial score (nSPS) is 16.7. The van der Waals surface area contributed by atoms with E-state index in [1.165, 1.54) is 30.0 Å². The van der Waals surface area contributed by atoms with Gasteiger partial charge < -0.3 is 4.90 Å². The highest BCUT2D eigenvalue weighted by molar-refractivity contribution is 7.89. The molecule has 0 radical (unpaired) electrons. The summed E-state index contributed by atoms with van der Waals surface area (Å²) < 4.78 is 27.5. The number of nitro groups is 1. The van der Waals surface area contributed by atoms with E-state index in [2.05, 4.69) is 26.7 Å². The van der Waals surface area contributed by atoms with Crippen molar-refractivity contribution in [3.05, 3.63) is 64.7 Å². The Morgan fingerprint density at radius 1 is 1.04 bits per heavy atom. The van der Waals surface area contributed by atoms with Gasteiger partial charge in [0.1, 0.15) is 0 Å². The highest BCUT2D eigenvalue weighted by atomic mass is 32.2. The summed E-state index contributed by atoms with van der Waals surface area (Å²) in [5.74, 6) is 0. The fourth-order valence-electron chi connectivity index (χ4n) is 3.25. The second-order valence-electron chi connectivity index (χ2n) is 6.81. The molecule has 28 heavy (non-hydrogen) atoms. The summed E-state index contributed by atoms with van der Waals surface area (Å²) in [6.45, 7) is 5.78. The minimum atomic E-state index is -3.70. The molecule has 1 saturated heterocycles. The lowest BCUT2D eigenvalue weighted by Gasteiger charge is -2.39. The first-order valence-corrected chi connectivity index (χ1v) is 10.6. The number of hydrogen-bond donors (Lipinski definition) is 1.